The van der Waals surface area contributed by atoms with Crippen LogP contribution in [0.15, 0.2) is 109 Å². The van der Waals surface area contributed by atoms with Crippen LogP contribution in [0.4, 0.5) is 0 Å². The first-order valence-electron chi connectivity index (χ1n) is 14.1. The zero-order valence-corrected chi connectivity index (χ0v) is 28.3. The molecule has 2 radical (unpaired) electrons. The van der Waals surface area contributed by atoms with E-state index in [1.807, 2.05) is 0 Å². The molecule has 200 valence electrons. The first-order chi connectivity index (χ1) is 19.0. The Morgan fingerprint density at radius 3 is 1.23 bits per heavy atom. The van der Waals surface area contributed by atoms with Gasteiger partial charge in [0.25, 0.3) is 0 Å². The average molecular weight is 616 g/mol. The maximum atomic E-state index is 2.32. The summed E-state index contributed by atoms with van der Waals surface area (Å²) in [7, 11) is 1.08. The van der Waals surface area contributed by atoms with Crippen LogP contribution in [-0.2, 0) is 39.0 Å². The Labute approximate surface area is 263 Å². The van der Waals surface area contributed by atoms with Gasteiger partial charge in [0.05, 0.1) is 0 Å². The summed E-state index contributed by atoms with van der Waals surface area (Å²) in [5, 5.41) is 5.45. The van der Waals surface area contributed by atoms with Crippen molar-refractivity contribution in [3.8, 4) is 22.3 Å². The van der Waals surface area contributed by atoms with Gasteiger partial charge in [-0.3, -0.25) is 0 Å². The van der Waals surface area contributed by atoms with E-state index in [1.54, 1.807) is 0 Å². The molecule has 0 fully saturated rings. The molecule has 0 heterocycles. The van der Waals surface area contributed by atoms with Crippen LogP contribution in [0.5, 0.6) is 0 Å². The van der Waals surface area contributed by atoms with Gasteiger partial charge in [0, 0.05) is 9.52 Å². The minimum atomic E-state index is 0. The second-order valence-corrected chi connectivity index (χ2v) is 11.3. The van der Waals surface area contributed by atoms with E-state index in [-0.39, 0.29) is 26.2 Å². The summed E-state index contributed by atoms with van der Waals surface area (Å²) < 4.78 is 0. The molecule has 40 heavy (non-hydrogen) atoms. The SMILES string of the molecule is CCc1cc2c(-c3ccc(C)cc3)cccc2[cH-]1.CCc1cc2c(-c3ccc(C)cc3)cccc2[cH-]1.C[Si]C.[Zr+2]. The monoisotopic (exact) mass is 614 g/mol. The van der Waals surface area contributed by atoms with Crippen molar-refractivity contribution in [2.75, 3.05) is 0 Å². The molecule has 0 aliphatic heterocycles. The second kappa shape index (κ2) is 15.3. The third-order valence-electron chi connectivity index (χ3n) is 7.16. The van der Waals surface area contributed by atoms with Crippen molar-refractivity contribution in [1.29, 1.82) is 0 Å². The average Bonchev–Trinajstić information content (AvgIpc) is 3.59. The summed E-state index contributed by atoms with van der Waals surface area (Å²) in [6, 6.07) is 39.9. The topological polar surface area (TPSA) is 0 Å². The molecule has 0 N–H and O–H groups in total. The summed E-state index contributed by atoms with van der Waals surface area (Å²) in [5.74, 6) is 0. The number of hydrogen-bond acceptors (Lipinski definition) is 0. The second-order valence-electron chi connectivity index (χ2n) is 10.3. The number of hydrogen-bond donors (Lipinski definition) is 0. The smallest absolute Gasteiger partial charge is 0.164 e. The van der Waals surface area contributed by atoms with Crippen molar-refractivity contribution in [3.05, 3.63) is 131 Å². The third kappa shape index (κ3) is 7.68. The van der Waals surface area contributed by atoms with Gasteiger partial charge in [-0.25, -0.2) is 0 Å². The van der Waals surface area contributed by atoms with Gasteiger partial charge in [-0.2, -0.15) is 12.1 Å². The van der Waals surface area contributed by atoms with Crippen LogP contribution < -0.4 is 0 Å². The van der Waals surface area contributed by atoms with Crippen LogP contribution >= 0.6 is 0 Å². The fraction of sp³-hybridized carbons (Fsp3) is 0.211. The summed E-state index contributed by atoms with van der Waals surface area (Å²) in [5.41, 5.74) is 10.7. The van der Waals surface area contributed by atoms with Crippen molar-refractivity contribution in [3.63, 3.8) is 0 Å². The van der Waals surface area contributed by atoms with Gasteiger partial charge in [0.15, 0.2) is 0 Å². The van der Waals surface area contributed by atoms with Crippen LogP contribution in [-0.4, -0.2) is 9.52 Å². The summed E-state index contributed by atoms with van der Waals surface area (Å²) in [6.45, 7) is 13.0. The molecule has 0 spiro atoms. The molecule has 0 aliphatic carbocycles. The van der Waals surface area contributed by atoms with Crippen molar-refractivity contribution in [2.45, 2.75) is 53.6 Å². The van der Waals surface area contributed by atoms with Gasteiger partial charge >= 0.3 is 26.2 Å². The van der Waals surface area contributed by atoms with Gasteiger partial charge in [-0.15, -0.1) is 69.1 Å². The van der Waals surface area contributed by atoms with Gasteiger partial charge in [0.2, 0.25) is 0 Å². The Hall–Kier alpha value is -2.80. The number of fused-ring (bicyclic) bond motifs is 2. The van der Waals surface area contributed by atoms with Crippen molar-refractivity contribution in [2.24, 2.45) is 0 Å². The number of benzene rings is 4. The maximum Gasteiger partial charge on any atom is 2.00 e. The van der Waals surface area contributed by atoms with Crippen LogP contribution in [0.3, 0.4) is 0 Å². The molecule has 0 atom stereocenters. The fourth-order valence-electron chi connectivity index (χ4n) is 4.97. The molecule has 0 unspecified atom stereocenters. The summed E-state index contributed by atoms with van der Waals surface area (Å²) in [6.07, 6.45) is 2.20. The van der Waals surface area contributed by atoms with E-state index in [0.717, 1.165) is 22.4 Å². The molecule has 0 amide bonds. The zero-order chi connectivity index (χ0) is 27.8. The van der Waals surface area contributed by atoms with Crippen molar-refractivity contribution in [1.82, 2.24) is 0 Å². The van der Waals surface area contributed by atoms with Crippen molar-refractivity contribution < 1.29 is 26.2 Å². The fourth-order valence-corrected chi connectivity index (χ4v) is 4.97. The minimum absolute atomic E-state index is 0. The molecular weight excluding hydrogens is 576 g/mol. The summed E-state index contributed by atoms with van der Waals surface area (Å²) in [4.78, 5) is 0. The molecule has 0 saturated heterocycles. The van der Waals surface area contributed by atoms with Gasteiger partial charge in [0.1, 0.15) is 0 Å². The van der Waals surface area contributed by atoms with E-state index in [9.17, 15) is 0 Å². The first-order valence-corrected chi connectivity index (χ1v) is 16.1. The Morgan fingerprint density at radius 2 is 0.900 bits per heavy atom. The van der Waals surface area contributed by atoms with E-state index in [1.165, 1.54) is 66.1 Å². The van der Waals surface area contributed by atoms with E-state index >= 15 is 0 Å². The standard InChI is InChI=1S/2C18H17.C2H6Si.Zr/c2*1-3-14-11-16-5-4-6-17(18(16)12-14)15-9-7-13(2)8-10-15;1-3-2;/h2*4-12H,3H2,1-2H3;1-2H3;/q2*-1;;+2. The van der Waals surface area contributed by atoms with Gasteiger partial charge in [-0.1, -0.05) is 110 Å². The predicted octanol–water partition coefficient (Wildman–Crippen LogP) is 11.0. The first kappa shape index (κ1) is 31.7. The molecule has 0 aromatic heterocycles. The molecule has 2 heteroatoms. The largest absolute Gasteiger partial charge is 2.00 e. The minimum Gasteiger partial charge on any atom is -0.164 e. The summed E-state index contributed by atoms with van der Waals surface area (Å²) >= 11 is 0. The molecule has 0 aliphatic rings. The number of aryl methyl sites for hydroxylation is 4. The Morgan fingerprint density at radius 1 is 0.550 bits per heavy atom. The molecule has 0 saturated carbocycles. The molecule has 6 aromatic carbocycles. The van der Waals surface area contributed by atoms with Gasteiger partial charge < -0.3 is 0 Å². The number of rotatable bonds is 4. The van der Waals surface area contributed by atoms with Crippen LogP contribution in [0.1, 0.15) is 36.1 Å². The molecular formula is C38H40SiZr. The predicted molar refractivity (Wildman–Crippen MR) is 176 cm³/mol. The quantitative estimate of drug-likeness (QED) is 0.137. The Balaban J connectivity index is 0.000000197. The normalized spacial score (nSPS) is 10.3. The van der Waals surface area contributed by atoms with Crippen molar-refractivity contribution >= 4 is 31.1 Å². The van der Waals surface area contributed by atoms with Crippen LogP contribution in [0, 0.1) is 13.8 Å². The third-order valence-corrected chi connectivity index (χ3v) is 7.16. The van der Waals surface area contributed by atoms with Crippen LogP contribution in [0.2, 0.25) is 13.1 Å². The molecule has 0 nitrogen and oxygen atoms in total. The van der Waals surface area contributed by atoms with E-state index in [0.29, 0.717) is 0 Å². The molecule has 6 rings (SSSR count). The zero-order valence-electron chi connectivity index (χ0n) is 24.8. The Kier molecular flexibility index (Phi) is 12.1. The van der Waals surface area contributed by atoms with E-state index < -0.39 is 0 Å². The van der Waals surface area contributed by atoms with Crippen LogP contribution in [0.25, 0.3) is 43.8 Å². The maximum absolute atomic E-state index is 2.32. The molecule has 0 bridgehead atoms. The van der Waals surface area contributed by atoms with E-state index in [2.05, 4.69) is 150 Å². The van der Waals surface area contributed by atoms with E-state index in [4.69, 9.17) is 0 Å². The molecule has 6 aromatic rings. The van der Waals surface area contributed by atoms with Gasteiger partial charge in [-0.05, 0) is 37.8 Å². The Bertz CT molecular complexity index is 1490.